The van der Waals surface area contributed by atoms with Crippen molar-refractivity contribution in [2.45, 2.75) is 157 Å². The molecule has 0 bridgehead atoms. The Kier molecular flexibility index (Phi) is 17.5. The molecule has 19 aromatic rings. The van der Waals surface area contributed by atoms with E-state index in [1.54, 1.807) is 0 Å². The molecule has 0 unspecified atom stereocenters. The summed E-state index contributed by atoms with van der Waals surface area (Å²) < 4.78 is 5.17. The van der Waals surface area contributed by atoms with Crippen LogP contribution in [0.15, 0.2) is 322 Å². The molecule has 0 saturated heterocycles. The maximum Gasteiger partial charge on any atom is 0.252 e. The molecule has 0 radical (unpaired) electrons. The minimum absolute atomic E-state index is 0.0886. The Balaban J connectivity index is 0.984. The second-order valence-electron chi connectivity index (χ2n) is 41.4. The van der Waals surface area contributed by atoms with Crippen LogP contribution in [0.25, 0.3) is 143 Å². The molecule has 0 fully saturated rings. The molecular weight excluding hydrogens is 1480 g/mol. The highest BCUT2D eigenvalue weighted by Gasteiger charge is 2.47. The highest BCUT2D eigenvalue weighted by Crippen LogP contribution is 2.57. The van der Waals surface area contributed by atoms with Crippen LogP contribution in [0.4, 0.5) is 34.1 Å². The standard InChI is InChI=1S/C118H107BN4/c1-113(2,3)80-50-55-102-95(62-80)96-63-81(114(4,5)6)51-56-103(96)120(102)86-52-53-98-105(69-86)123(112-93(74-39-27-21-28-40-74)66-85(118(16,17)18)67-94(112)75-41-29-22-30-42-75)107-71-87(121-100-45-33-31-43-88(100)89-44-32-34-46-101(89)121)70-106-110(107)119(98)99-61-76(90-60-79-59-82(115(7,8)9)57-77-47-48-78-58-83(116(10,11)12)68-97(90)109(78)108(77)79)49-54-104(99)122(106)111-91(72-35-23-19-24-36-72)64-84(117(13,14)15)65-92(111)73-37-25-20-26-38-73/h19-71H,1-18H3. The van der Waals surface area contributed by atoms with Crippen molar-refractivity contribution in [3.05, 3.63) is 355 Å². The molecule has 2 aliphatic rings. The first-order valence-corrected chi connectivity index (χ1v) is 44.3. The summed E-state index contributed by atoms with van der Waals surface area (Å²) in [5.41, 5.74) is 35.6. The third-order valence-electron chi connectivity index (χ3n) is 27.1. The summed E-state index contributed by atoms with van der Waals surface area (Å²) in [5.74, 6) is 0. The summed E-state index contributed by atoms with van der Waals surface area (Å²) in [6.45, 7) is 42.2. The lowest BCUT2D eigenvalue weighted by atomic mass is 9.33. The van der Waals surface area contributed by atoms with Gasteiger partial charge in [-0.2, -0.15) is 0 Å². The molecule has 17 aromatic carbocycles. The second kappa shape index (κ2) is 27.8. The van der Waals surface area contributed by atoms with Gasteiger partial charge in [0.15, 0.2) is 0 Å². The van der Waals surface area contributed by atoms with Gasteiger partial charge in [-0.3, -0.25) is 0 Å². The molecule has 0 spiro atoms. The number of anilines is 6. The van der Waals surface area contributed by atoms with E-state index in [0.717, 1.165) is 101 Å². The molecule has 4 heterocycles. The van der Waals surface area contributed by atoms with Gasteiger partial charge in [0.25, 0.3) is 6.71 Å². The molecule has 0 N–H and O–H groups in total. The van der Waals surface area contributed by atoms with Crippen LogP contribution in [0.2, 0.25) is 0 Å². The van der Waals surface area contributed by atoms with Gasteiger partial charge in [0, 0.05) is 72.2 Å². The van der Waals surface area contributed by atoms with E-state index in [-0.39, 0.29) is 39.2 Å². The number of para-hydroxylation sites is 2. The van der Waals surface area contributed by atoms with Crippen molar-refractivity contribution in [1.82, 2.24) is 9.13 Å². The van der Waals surface area contributed by atoms with Crippen molar-refractivity contribution in [2.24, 2.45) is 0 Å². The molecule has 0 atom stereocenters. The van der Waals surface area contributed by atoms with Crippen LogP contribution < -0.4 is 26.2 Å². The number of hydrogen-bond acceptors (Lipinski definition) is 2. The van der Waals surface area contributed by atoms with Crippen LogP contribution in [0.1, 0.15) is 158 Å². The first-order valence-electron chi connectivity index (χ1n) is 44.3. The first-order chi connectivity index (χ1) is 58.8. The van der Waals surface area contributed by atoms with Gasteiger partial charge in [0.1, 0.15) is 0 Å². The van der Waals surface area contributed by atoms with Crippen LogP contribution in [0.5, 0.6) is 0 Å². The maximum atomic E-state index is 2.78. The third-order valence-corrected chi connectivity index (χ3v) is 27.1. The van der Waals surface area contributed by atoms with Crippen LogP contribution >= 0.6 is 0 Å². The Hall–Kier alpha value is -13.0. The van der Waals surface area contributed by atoms with Gasteiger partial charge in [0.05, 0.1) is 39.1 Å². The summed E-state index contributed by atoms with van der Waals surface area (Å²) in [6, 6.07) is 126. The van der Waals surface area contributed by atoms with Crippen molar-refractivity contribution in [3.8, 4) is 67.0 Å². The van der Waals surface area contributed by atoms with Gasteiger partial charge >= 0.3 is 0 Å². The summed E-state index contributed by atoms with van der Waals surface area (Å²) in [6.07, 6.45) is 0. The maximum absolute atomic E-state index is 2.78. The lowest BCUT2D eigenvalue weighted by molar-refractivity contribution is 0.590. The summed E-state index contributed by atoms with van der Waals surface area (Å²) in [4.78, 5) is 5.54. The second-order valence-corrected chi connectivity index (χ2v) is 41.4. The SMILES string of the molecule is CC(C)(C)c1cc(-c2ccccc2)c(N2c3ccc(-c4cc5cc(C(C)(C)C)cc6ccc7cc(C(C)(C)C)cc4c7c65)cc3B3c4ccc(-n5c6ccc(C(C)(C)C)cc6c6cc(C(C)(C)C)ccc65)cc4N(c4c(-c5ccccc5)cc(C(C)(C)C)cc4-c4ccccc4)c4cc(-n5c6ccccc6c6ccccc65)cc2c43)c(-c2ccccc2)c1. The van der Waals surface area contributed by atoms with Crippen molar-refractivity contribution < 1.29 is 0 Å². The van der Waals surface area contributed by atoms with Gasteiger partial charge in [-0.25, -0.2) is 0 Å². The Bertz CT molecular complexity index is 7280. The molecule has 2 aliphatic heterocycles. The van der Waals surface area contributed by atoms with E-state index in [9.17, 15) is 0 Å². The van der Waals surface area contributed by atoms with Crippen LogP contribution in [-0.4, -0.2) is 15.8 Å². The molecule has 123 heavy (non-hydrogen) atoms. The van der Waals surface area contributed by atoms with Crippen molar-refractivity contribution in [3.63, 3.8) is 0 Å². The monoisotopic (exact) mass is 1590 g/mol. The van der Waals surface area contributed by atoms with E-state index in [4.69, 9.17) is 0 Å². The van der Waals surface area contributed by atoms with Gasteiger partial charge in [0.2, 0.25) is 0 Å². The fourth-order valence-electron chi connectivity index (χ4n) is 20.3. The summed E-state index contributed by atoms with van der Waals surface area (Å²) >= 11 is 0. The van der Waals surface area contributed by atoms with Crippen LogP contribution in [-0.2, 0) is 32.5 Å². The number of rotatable bonds is 9. The topological polar surface area (TPSA) is 16.3 Å². The Morgan fingerprint density at radius 2 is 0.577 bits per heavy atom. The molecule has 0 saturated carbocycles. The lowest BCUT2D eigenvalue weighted by Crippen LogP contribution is -2.61. The number of aromatic nitrogens is 2. The van der Waals surface area contributed by atoms with Gasteiger partial charge in [-0.1, -0.05) is 343 Å². The Morgan fingerprint density at radius 3 is 1.02 bits per heavy atom. The molecule has 602 valence electrons. The predicted octanol–water partition coefficient (Wildman–Crippen LogP) is 31.0. The molecule has 4 nitrogen and oxygen atoms in total. The fraction of sp³-hybridized carbons (Fsp3) is 0.203. The predicted molar refractivity (Wildman–Crippen MR) is 532 cm³/mol. The highest BCUT2D eigenvalue weighted by molar-refractivity contribution is 7.00. The van der Waals surface area contributed by atoms with Crippen LogP contribution in [0.3, 0.4) is 0 Å². The summed E-state index contributed by atoms with van der Waals surface area (Å²) in [7, 11) is 0. The zero-order chi connectivity index (χ0) is 85.0. The Labute approximate surface area is 726 Å². The normalized spacial score (nSPS) is 13.4. The minimum Gasteiger partial charge on any atom is -0.310 e. The van der Waals surface area contributed by atoms with E-state index in [1.165, 1.54) is 126 Å². The number of fused-ring (bicyclic) bond motifs is 10. The smallest absolute Gasteiger partial charge is 0.252 e. The molecular formula is C118H107BN4. The average Bonchev–Trinajstić information content (AvgIpc) is 1.10. The van der Waals surface area contributed by atoms with E-state index in [0.29, 0.717) is 0 Å². The van der Waals surface area contributed by atoms with Crippen molar-refractivity contribution in [2.75, 3.05) is 9.80 Å². The van der Waals surface area contributed by atoms with Gasteiger partial charge in [-0.05, 0) is 251 Å². The molecule has 21 rings (SSSR count). The molecule has 0 aliphatic carbocycles. The van der Waals surface area contributed by atoms with Crippen LogP contribution in [0, 0.1) is 0 Å². The Morgan fingerprint density at radius 1 is 0.211 bits per heavy atom. The third kappa shape index (κ3) is 12.7. The van der Waals surface area contributed by atoms with E-state index < -0.39 is 0 Å². The van der Waals surface area contributed by atoms with Crippen molar-refractivity contribution in [1.29, 1.82) is 0 Å². The summed E-state index contributed by atoms with van der Waals surface area (Å²) in [5, 5.41) is 12.6. The molecule has 2 aromatic heterocycles. The lowest BCUT2D eigenvalue weighted by Gasteiger charge is -2.46. The number of hydrogen-bond donors (Lipinski definition) is 0. The highest BCUT2D eigenvalue weighted by atomic mass is 15.2. The largest absolute Gasteiger partial charge is 0.310 e. The zero-order valence-electron chi connectivity index (χ0n) is 74.5. The molecule has 0 amide bonds. The van der Waals surface area contributed by atoms with E-state index >= 15 is 0 Å². The van der Waals surface area contributed by atoms with Gasteiger partial charge < -0.3 is 18.9 Å². The first kappa shape index (κ1) is 77.4. The van der Waals surface area contributed by atoms with Crippen molar-refractivity contribution >= 4 is 133 Å². The number of benzene rings is 17. The minimum atomic E-state index is -0.354. The van der Waals surface area contributed by atoms with E-state index in [1.807, 2.05) is 0 Å². The average molecular weight is 1590 g/mol. The quantitative estimate of drug-likeness (QED) is 0.106. The van der Waals surface area contributed by atoms with E-state index in [2.05, 4.69) is 465 Å². The molecule has 5 heteroatoms. The fourth-order valence-corrected chi connectivity index (χ4v) is 20.3. The number of nitrogens with zero attached hydrogens (tertiary/aromatic N) is 4. The zero-order valence-corrected chi connectivity index (χ0v) is 74.5. The van der Waals surface area contributed by atoms with Gasteiger partial charge in [-0.15, -0.1) is 0 Å².